The van der Waals surface area contributed by atoms with Crippen LogP contribution in [0.4, 0.5) is 0 Å². The zero-order valence-electron chi connectivity index (χ0n) is 12.1. The van der Waals surface area contributed by atoms with Gasteiger partial charge in [0.15, 0.2) is 5.78 Å². The maximum absolute atomic E-state index is 12.3. The van der Waals surface area contributed by atoms with Crippen molar-refractivity contribution < 1.29 is 4.79 Å². The highest BCUT2D eigenvalue weighted by atomic mass is 35.5. The standard InChI is InChI=1S/C16H18Cl2N2O/c1-3-12(4-2)20-9-8-11(19-20)10-15(21)13-6-5-7-14(17)16(13)18/h5-9,12H,3-4,10H2,1-2H3. The molecule has 0 amide bonds. The number of carbonyl (C=O) groups is 1. The number of halogens is 2. The normalized spacial score (nSPS) is 11.1. The van der Waals surface area contributed by atoms with Crippen LogP contribution in [-0.4, -0.2) is 15.6 Å². The topological polar surface area (TPSA) is 34.9 Å². The molecule has 0 atom stereocenters. The lowest BCUT2D eigenvalue weighted by molar-refractivity contribution is 0.0992. The molecule has 1 aromatic heterocycles. The molecule has 0 unspecified atom stereocenters. The van der Waals surface area contributed by atoms with Gasteiger partial charge in [0.2, 0.25) is 0 Å². The van der Waals surface area contributed by atoms with Crippen LogP contribution in [0, 0.1) is 0 Å². The van der Waals surface area contributed by atoms with E-state index in [1.165, 1.54) is 0 Å². The molecule has 112 valence electrons. The lowest BCUT2D eigenvalue weighted by Gasteiger charge is -2.12. The number of benzene rings is 1. The van der Waals surface area contributed by atoms with Crippen LogP contribution in [0.2, 0.25) is 10.0 Å². The van der Waals surface area contributed by atoms with Crippen LogP contribution >= 0.6 is 23.2 Å². The third kappa shape index (κ3) is 3.66. The number of aromatic nitrogens is 2. The van der Waals surface area contributed by atoms with Crippen LogP contribution in [0.5, 0.6) is 0 Å². The fourth-order valence-corrected chi connectivity index (χ4v) is 2.72. The summed E-state index contributed by atoms with van der Waals surface area (Å²) in [6.45, 7) is 4.26. The minimum atomic E-state index is -0.0719. The average molecular weight is 325 g/mol. The predicted molar refractivity (Wildman–Crippen MR) is 86.3 cm³/mol. The molecule has 21 heavy (non-hydrogen) atoms. The quantitative estimate of drug-likeness (QED) is 0.702. The van der Waals surface area contributed by atoms with E-state index in [9.17, 15) is 4.79 Å². The monoisotopic (exact) mass is 324 g/mol. The summed E-state index contributed by atoms with van der Waals surface area (Å²) in [5, 5.41) is 5.19. The third-order valence-corrected chi connectivity index (χ3v) is 4.39. The van der Waals surface area contributed by atoms with Gasteiger partial charge in [-0.3, -0.25) is 9.48 Å². The molecule has 2 rings (SSSR count). The first-order chi connectivity index (χ1) is 10.1. The van der Waals surface area contributed by atoms with E-state index in [2.05, 4.69) is 18.9 Å². The lowest BCUT2D eigenvalue weighted by atomic mass is 10.1. The van der Waals surface area contributed by atoms with Crippen LogP contribution in [-0.2, 0) is 6.42 Å². The number of hydrogen-bond donors (Lipinski definition) is 0. The van der Waals surface area contributed by atoms with E-state index in [1.807, 2.05) is 16.9 Å². The van der Waals surface area contributed by atoms with E-state index in [1.54, 1.807) is 18.2 Å². The minimum Gasteiger partial charge on any atom is -0.294 e. The van der Waals surface area contributed by atoms with Gasteiger partial charge in [0.05, 0.1) is 28.2 Å². The Morgan fingerprint density at radius 3 is 2.62 bits per heavy atom. The summed E-state index contributed by atoms with van der Waals surface area (Å²) in [5.74, 6) is -0.0719. The van der Waals surface area contributed by atoms with E-state index in [4.69, 9.17) is 23.2 Å². The highest BCUT2D eigenvalue weighted by Crippen LogP contribution is 2.26. The number of ketones is 1. The van der Waals surface area contributed by atoms with Crippen LogP contribution in [0.25, 0.3) is 0 Å². The van der Waals surface area contributed by atoms with Gasteiger partial charge in [0.1, 0.15) is 0 Å². The maximum atomic E-state index is 12.3. The molecule has 5 heteroatoms. The molecular formula is C16H18Cl2N2O. The molecule has 0 saturated heterocycles. The Bertz CT molecular complexity index is 633. The van der Waals surface area contributed by atoms with Gasteiger partial charge in [-0.25, -0.2) is 0 Å². The highest BCUT2D eigenvalue weighted by molar-refractivity contribution is 6.43. The van der Waals surface area contributed by atoms with Crippen molar-refractivity contribution in [1.82, 2.24) is 9.78 Å². The molecule has 0 spiro atoms. The fourth-order valence-electron chi connectivity index (χ4n) is 2.32. The molecule has 0 aliphatic carbocycles. The molecule has 2 aromatic rings. The van der Waals surface area contributed by atoms with Crippen molar-refractivity contribution >= 4 is 29.0 Å². The van der Waals surface area contributed by atoms with Gasteiger partial charge in [-0.05, 0) is 31.0 Å². The number of hydrogen-bond acceptors (Lipinski definition) is 2. The zero-order valence-corrected chi connectivity index (χ0v) is 13.7. The van der Waals surface area contributed by atoms with Gasteiger partial charge in [0, 0.05) is 11.8 Å². The number of carbonyl (C=O) groups excluding carboxylic acids is 1. The molecule has 3 nitrogen and oxygen atoms in total. The van der Waals surface area contributed by atoms with Crippen molar-refractivity contribution in [3.05, 3.63) is 51.8 Å². The maximum Gasteiger partial charge on any atom is 0.170 e. The largest absolute Gasteiger partial charge is 0.294 e. The van der Waals surface area contributed by atoms with Gasteiger partial charge in [-0.1, -0.05) is 43.1 Å². The summed E-state index contributed by atoms with van der Waals surface area (Å²) >= 11 is 12.0. The molecule has 0 saturated carbocycles. The first-order valence-electron chi connectivity index (χ1n) is 7.08. The van der Waals surface area contributed by atoms with Crippen LogP contribution in [0.3, 0.4) is 0 Å². The second kappa shape index (κ2) is 7.10. The summed E-state index contributed by atoms with van der Waals surface area (Å²) in [6.07, 6.45) is 4.20. The summed E-state index contributed by atoms with van der Waals surface area (Å²) in [5.41, 5.74) is 1.20. The fraction of sp³-hybridized carbons (Fsp3) is 0.375. The van der Waals surface area contributed by atoms with Gasteiger partial charge in [-0.15, -0.1) is 0 Å². The molecule has 0 radical (unpaired) electrons. The van der Waals surface area contributed by atoms with Crippen molar-refractivity contribution in [2.24, 2.45) is 0 Å². The molecule has 0 aliphatic heterocycles. The van der Waals surface area contributed by atoms with Crippen LogP contribution < -0.4 is 0 Å². The highest BCUT2D eigenvalue weighted by Gasteiger charge is 2.15. The zero-order chi connectivity index (χ0) is 15.4. The van der Waals surface area contributed by atoms with E-state index in [0.29, 0.717) is 21.7 Å². The smallest absolute Gasteiger partial charge is 0.170 e. The van der Waals surface area contributed by atoms with E-state index >= 15 is 0 Å². The van der Waals surface area contributed by atoms with Gasteiger partial charge >= 0.3 is 0 Å². The first-order valence-corrected chi connectivity index (χ1v) is 7.83. The minimum absolute atomic E-state index is 0.0719. The van der Waals surface area contributed by atoms with E-state index in [-0.39, 0.29) is 12.2 Å². The molecule has 1 heterocycles. The Morgan fingerprint density at radius 1 is 1.24 bits per heavy atom. The van der Waals surface area contributed by atoms with E-state index < -0.39 is 0 Å². The SMILES string of the molecule is CCC(CC)n1ccc(CC(=O)c2cccc(Cl)c2Cl)n1. The Kier molecular flexibility index (Phi) is 5.43. The Hall–Kier alpha value is -1.32. The molecule has 0 fully saturated rings. The molecule has 1 aromatic carbocycles. The van der Waals surface area contributed by atoms with Crippen molar-refractivity contribution in [2.75, 3.05) is 0 Å². The summed E-state index contributed by atoms with van der Waals surface area (Å²) in [4.78, 5) is 12.3. The number of rotatable bonds is 6. The second-order valence-corrected chi connectivity index (χ2v) is 5.74. The number of Topliss-reactive ketones (excluding diaryl/α,β-unsaturated/α-hetero) is 1. The lowest BCUT2D eigenvalue weighted by Crippen LogP contribution is -2.10. The van der Waals surface area contributed by atoms with Crippen molar-refractivity contribution in [3.63, 3.8) is 0 Å². The molecule has 0 bridgehead atoms. The van der Waals surface area contributed by atoms with E-state index in [0.717, 1.165) is 18.5 Å². The Balaban J connectivity index is 2.15. The van der Waals surface area contributed by atoms with Crippen molar-refractivity contribution in [2.45, 2.75) is 39.2 Å². The third-order valence-electron chi connectivity index (χ3n) is 3.57. The Labute approximate surface area is 134 Å². The first kappa shape index (κ1) is 16.1. The van der Waals surface area contributed by atoms with Gasteiger partial charge < -0.3 is 0 Å². The average Bonchev–Trinajstić information content (AvgIpc) is 2.91. The molecule has 0 aliphatic rings. The van der Waals surface area contributed by atoms with Crippen molar-refractivity contribution in [3.8, 4) is 0 Å². The Morgan fingerprint density at radius 2 is 1.95 bits per heavy atom. The number of nitrogens with zero attached hydrogens (tertiary/aromatic N) is 2. The predicted octanol–water partition coefficient (Wildman–Crippen LogP) is 4.98. The summed E-state index contributed by atoms with van der Waals surface area (Å²) < 4.78 is 1.93. The molecular weight excluding hydrogens is 307 g/mol. The second-order valence-electron chi connectivity index (χ2n) is 4.96. The van der Waals surface area contributed by atoms with Gasteiger partial charge in [0.25, 0.3) is 0 Å². The molecule has 0 N–H and O–H groups in total. The van der Waals surface area contributed by atoms with Crippen LogP contribution in [0.1, 0.15) is 48.8 Å². The van der Waals surface area contributed by atoms with Crippen molar-refractivity contribution in [1.29, 1.82) is 0 Å². The van der Waals surface area contributed by atoms with Gasteiger partial charge in [-0.2, -0.15) is 5.10 Å². The summed E-state index contributed by atoms with van der Waals surface area (Å²) in [6, 6.07) is 7.35. The summed E-state index contributed by atoms with van der Waals surface area (Å²) in [7, 11) is 0. The van der Waals surface area contributed by atoms with Crippen LogP contribution in [0.15, 0.2) is 30.5 Å².